The van der Waals surface area contributed by atoms with Crippen molar-refractivity contribution in [1.29, 1.82) is 0 Å². The first-order valence-corrected chi connectivity index (χ1v) is 11.2. The normalized spacial score (nSPS) is 16.9. The van der Waals surface area contributed by atoms with E-state index in [-0.39, 0.29) is 35.8 Å². The lowest BCUT2D eigenvalue weighted by molar-refractivity contribution is 0.00990. The summed E-state index contributed by atoms with van der Waals surface area (Å²) in [5, 5.41) is 3.41. The van der Waals surface area contributed by atoms with E-state index in [4.69, 9.17) is 9.47 Å². The molecule has 178 valence electrons. The summed E-state index contributed by atoms with van der Waals surface area (Å²) in [5.74, 6) is 0.534. The lowest BCUT2D eigenvalue weighted by atomic mass is 10.1. The Morgan fingerprint density at radius 3 is 2.31 bits per heavy atom. The number of nitrogens with zero attached hydrogens (tertiary/aromatic N) is 3. The molecule has 32 heavy (non-hydrogen) atoms. The summed E-state index contributed by atoms with van der Waals surface area (Å²) in [5.41, 5.74) is 1.02. The van der Waals surface area contributed by atoms with Crippen molar-refractivity contribution in [3.05, 3.63) is 35.4 Å². The molecule has 0 aliphatic carbocycles. The zero-order valence-corrected chi connectivity index (χ0v) is 21.4. The number of ether oxygens (including phenoxy) is 2. The maximum Gasteiger partial charge on any atom is 0.261 e. The van der Waals surface area contributed by atoms with E-state index in [1.165, 1.54) is 4.90 Å². The number of aliphatic imine (C=N–C) groups is 1. The Bertz CT molecular complexity index is 746. The molecule has 0 aromatic heterocycles. The van der Waals surface area contributed by atoms with Crippen LogP contribution in [0.25, 0.3) is 0 Å². The van der Waals surface area contributed by atoms with E-state index in [1.807, 2.05) is 0 Å². The molecule has 0 spiro atoms. The van der Waals surface area contributed by atoms with Gasteiger partial charge in [-0.2, -0.15) is 0 Å². The van der Waals surface area contributed by atoms with Crippen molar-refractivity contribution in [2.75, 3.05) is 53.6 Å². The maximum absolute atomic E-state index is 12.4. The molecule has 2 amide bonds. The number of fused-ring (bicyclic) bond motifs is 1. The molecule has 2 heterocycles. The summed E-state index contributed by atoms with van der Waals surface area (Å²) in [6.45, 7) is 4.52. The molecule has 1 aromatic carbocycles. The van der Waals surface area contributed by atoms with Crippen LogP contribution in [0.15, 0.2) is 29.3 Å². The lowest BCUT2D eigenvalue weighted by Crippen LogP contribution is -2.47. The van der Waals surface area contributed by atoms with E-state index in [9.17, 15) is 9.59 Å². The fourth-order valence-electron chi connectivity index (χ4n) is 4.06. The van der Waals surface area contributed by atoms with Gasteiger partial charge in [-0.25, -0.2) is 0 Å². The molecule has 2 aliphatic rings. The lowest BCUT2D eigenvalue weighted by Gasteiger charge is -2.34. The van der Waals surface area contributed by atoms with Crippen molar-refractivity contribution in [1.82, 2.24) is 15.1 Å². The minimum absolute atomic E-state index is 0. The van der Waals surface area contributed by atoms with Gasteiger partial charge in [-0.1, -0.05) is 12.1 Å². The number of methoxy groups -OCH3 is 1. The van der Waals surface area contributed by atoms with Crippen LogP contribution in [0.3, 0.4) is 0 Å². The van der Waals surface area contributed by atoms with Crippen molar-refractivity contribution in [3.63, 3.8) is 0 Å². The van der Waals surface area contributed by atoms with Gasteiger partial charge in [0.1, 0.15) is 0 Å². The fourth-order valence-corrected chi connectivity index (χ4v) is 4.06. The van der Waals surface area contributed by atoms with Gasteiger partial charge in [-0.3, -0.25) is 19.5 Å². The smallest absolute Gasteiger partial charge is 0.261 e. The number of piperidine rings is 1. The third-order valence-corrected chi connectivity index (χ3v) is 5.77. The van der Waals surface area contributed by atoms with Crippen LogP contribution < -0.4 is 5.32 Å². The number of hydrogen-bond donors (Lipinski definition) is 1. The SMILES string of the molecule is CN=C(NCCCCN1C(=O)c2ccccc2C1=O)N1CCC(OCCCOC)CC1.I. The van der Waals surface area contributed by atoms with E-state index >= 15 is 0 Å². The van der Waals surface area contributed by atoms with Crippen molar-refractivity contribution >= 4 is 41.8 Å². The molecule has 1 N–H and O–H groups in total. The van der Waals surface area contributed by atoms with Crippen LogP contribution in [0, 0.1) is 0 Å². The van der Waals surface area contributed by atoms with E-state index in [2.05, 4.69) is 15.2 Å². The highest BCUT2D eigenvalue weighted by Crippen LogP contribution is 2.22. The fraction of sp³-hybridized carbons (Fsp3) is 0.609. The van der Waals surface area contributed by atoms with Crippen molar-refractivity contribution in [3.8, 4) is 0 Å². The topological polar surface area (TPSA) is 83.5 Å². The number of hydrogen-bond acceptors (Lipinski definition) is 5. The zero-order valence-electron chi connectivity index (χ0n) is 19.0. The molecule has 0 atom stereocenters. The number of nitrogens with one attached hydrogen (secondary N) is 1. The predicted octanol–water partition coefficient (Wildman–Crippen LogP) is 2.77. The van der Waals surface area contributed by atoms with Crippen molar-refractivity contribution < 1.29 is 19.1 Å². The molecule has 1 saturated heterocycles. The standard InChI is InChI=1S/C23H34N4O4.HI/c1-24-23(26-14-10-18(11-15-26)31-17-7-16-30-2)25-12-5-6-13-27-21(28)19-8-3-4-9-20(19)22(27)29;/h3-4,8-9,18H,5-7,10-17H2,1-2H3,(H,24,25);1H. The van der Waals surface area contributed by atoms with Gasteiger partial charge in [0.2, 0.25) is 0 Å². The summed E-state index contributed by atoms with van der Waals surface area (Å²) >= 11 is 0. The van der Waals surface area contributed by atoms with Gasteiger partial charge in [0.25, 0.3) is 11.8 Å². The molecular weight excluding hydrogens is 523 g/mol. The maximum atomic E-state index is 12.4. The number of halogens is 1. The van der Waals surface area contributed by atoms with E-state index in [0.29, 0.717) is 23.8 Å². The zero-order chi connectivity index (χ0) is 22.1. The van der Waals surface area contributed by atoms with Crippen molar-refractivity contribution in [2.45, 2.75) is 38.2 Å². The highest BCUT2D eigenvalue weighted by molar-refractivity contribution is 14.0. The first kappa shape index (κ1) is 26.5. The van der Waals surface area contributed by atoms with E-state index in [0.717, 1.165) is 70.9 Å². The van der Waals surface area contributed by atoms with Crippen LogP contribution in [0.5, 0.6) is 0 Å². The van der Waals surface area contributed by atoms with Crippen LogP contribution in [0.2, 0.25) is 0 Å². The minimum atomic E-state index is -0.184. The largest absolute Gasteiger partial charge is 0.385 e. The molecule has 0 radical (unpaired) electrons. The Morgan fingerprint density at radius 2 is 1.72 bits per heavy atom. The van der Waals surface area contributed by atoms with Gasteiger partial charge in [-0.15, -0.1) is 24.0 Å². The molecule has 1 fully saturated rings. The summed E-state index contributed by atoms with van der Waals surface area (Å²) in [6, 6.07) is 7.02. The van der Waals surface area contributed by atoms with Gasteiger partial charge < -0.3 is 19.7 Å². The number of rotatable bonds is 10. The predicted molar refractivity (Wildman–Crippen MR) is 135 cm³/mol. The molecule has 2 aliphatic heterocycles. The van der Waals surface area contributed by atoms with Crippen LogP contribution in [-0.4, -0.2) is 87.2 Å². The Morgan fingerprint density at radius 1 is 1.06 bits per heavy atom. The Kier molecular flexibility index (Phi) is 11.4. The molecule has 0 bridgehead atoms. The Hall–Kier alpha value is -1.72. The van der Waals surface area contributed by atoms with Crippen LogP contribution in [0.4, 0.5) is 0 Å². The number of amides is 2. The molecule has 3 rings (SSSR count). The van der Waals surface area contributed by atoms with Gasteiger partial charge in [0.05, 0.1) is 17.2 Å². The quantitative estimate of drug-likeness (QED) is 0.156. The minimum Gasteiger partial charge on any atom is -0.385 e. The Balaban J connectivity index is 0.00000363. The third kappa shape index (κ3) is 6.89. The van der Waals surface area contributed by atoms with E-state index < -0.39 is 0 Å². The molecule has 0 unspecified atom stereocenters. The van der Waals surface area contributed by atoms with Gasteiger partial charge in [0, 0.05) is 53.6 Å². The molecule has 0 saturated carbocycles. The molecule has 9 heteroatoms. The molecule has 8 nitrogen and oxygen atoms in total. The average Bonchev–Trinajstić information content (AvgIpc) is 3.04. The monoisotopic (exact) mass is 558 g/mol. The first-order valence-electron chi connectivity index (χ1n) is 11.2. The summed E-state index contributed by atoms with van der Waals surface area (Å²) < 4.78 is 11.0. The van der Waals surface area contributed by atoms with Crippen LogP contribution >= 0.6 is 24.0 Å². The average molecular weight is 558 g/mol. The van der Waals surface area contributed by atoms with Gasteiger partial charge in [-0.05, 0) is 44.2 Å². The highest BCUT2D eigenvalue weighted by Gasteiger charge is 2.34. The second kappa shape index (κ2) is 13.7. The summed E-state index contributed by atoms with van der Waals surface area (Å²) in [4.78, 5) is 32.8. The Labute approximate surface area is 207 Å². The van der Waals surface area contributed by atoms with E-state index in [1.54, 1.807) is 38.4 Å². The number of unbranched alkanes of at least 4 members (excludes halogenated alkanes) is 1. The molecule has 1 aromatic rings. The van der Waals surface area contributed by atoms with Gasteiger partial charge >= 0.3 is 0 Å². The number of likely N-dealkylation sites (tertiary alicyclic amines) is 1. The number of benzene rings is 1. The number of carbonyl (C=O) groups is 2. The highest BCUT2D eigenvalue weighted by atomic mass is 127. The summed E-state index contributed by atoms with van der Waals surface area (Å²) in [6.07, 6.45) is 4.84. The van der Waals surface area contributed by atoms with Crippen LogP contribution in [0.1, 0.15) is 52.8 Å². The number of carbonyl (C=O) groups excluding carboxylic acids is 2. The third-order valence-electron chi connectivity index (χ3n) is 5.77. The van der Waals surface area contributed by atoms with Gasteiger partial charge in [0.15, 0.2) is 5.96 Å². The van der Waals surface area contributed by atoms with Crippen LogP contribution in [-0.2, 0) is 9.47 Å². The molecular formula is C23H35IN4O4. The summed E-state index contributed by atoms with van der Waals surface area (Å²) in [7, 11) is 3.51. The number of guanidine groups is 1. The second-order valence-corrected chi connectivity index (χ2v) is 7.89. The number of imide groups is 1. The second-order valence-electron chi connectivity index (χ2n) is 7.89. The van der Waals surface area contributed by atoms with Crippen molar-refractivity contribution in [2.24, 2.45) is 4.99 Å². The first-order chi connectivity index (χ1) is 15.2.